The molecular weight excluding hydrogens is 232 g/mol. The Morgan fingerprint density at radius 3 is 3.07 bits per heavy atom. The molecular formula is C9H17ClN4S. The van der Waals surface area contributed by atoms with Crippen LogP contribution in [0.2, 0.25) is 0 Å². The average molecular weight is 249 g/mol. The van der Waals surface area contributed by atoms with E-state index in [-0.39, 0.29) is 12.4 Å². The van der Waals surface area contributed by atoms with Crippen LogP contribution >= 0.6 is 23.9 Å². The molecule has 2 heterocycles. The van der Waals surface area contributed by atoms with Gasteiger partial charge in [0.2, 0.25) is 0 Å². The van der Waals surface area contributed by atoms with Crippen molar-refractivity contribution in [2.24, 2.45) is 0 Å². The van der Waals surface area contributed by atoms with Gasteiger partial charge in [-0.05, 0) is 25.4 Å². The maximum atomic E-state index is 4.08. The Morgan fingerprint density at radius 1 is 1.60 bits per heavy atom. The third-order valence-electron chi connectivity index (χ3n) is 2.66. The zero-order valence-electron chi connectivity index (χ0n) is 9.01. The van der Waals surface area contributed by atoms with Crippen molar-refractivity contribution in [3.63, 3.8) is 0 Å². The molecule has 2 unspecified atom stereocenters. The van der Waals surface area contributed by atoms with Crippen molar-refractivity contribution >= 4 is 23.9 Å². The first kappa shape index (κ1) is 12.8. The Bertz CT molecular complexity index is 280. The Labute approximate surface area is 101 Å². The first-order valence-electron chi connectivity index (χ1n) is 4.99. The van der Waals surface area contributed by atoms with Crippen LogP contribution in [-0.4, -0.2) is 39.7 Å². The van der Waals surface area contributed by atoms with Crippen LogP contribution in [0.25, 0.3) is 0 Å². The van der Waals surface area contributed by atoms with Gasteiger partial charge in [-0.3, -0.25) is 4.90 Å². The fourth-order valence-corrected chi connectivity index (χ4v) is 2.22. The van der Waals surface area contributed by atoms with Gasteiger partial charge in [0.15, 0.2) is 0 Å². The molecule has 0 spiro atoms. The number of aromatic nitrogens is 2. The minimum absolute atomic E-state index is 0. The molecule has 0 amide bonds. The molecule has 1 aromatic heterocycles. The van der Waals surface area contributed by atoms with Gasteiger partial charge >= 0.3 is 0 Å². The molecule has 1 aliphatic heterocycles. The second-order valence-electron chi connectivity index (χ2n) is 3.98. The number of hydrogen-bond donors (Lipinski definition) is 1. The molecule has 1 N–H and O–H groups in total. The molecule has 0 aromatic carbocycles. The van der Waals surface area contributed by atoms with Crippen molar-refractivity contribution < 1.29 is 0 Å². The lowest BCUT2D eigenvalue weighted by atomic mass is 10.1. The van der Waals surface area contributed by atoms with Gasteiger partial charge in [-0.2, -0.15) is 0 Å². The van der Waals surface area contributed by atoms with E-state index >= 15 is 0 Å². The molecule has 1 fully saturated rings. The highest BCUT2D eigenvalue weighted by Gasteiger charge is 2.22. The average Bonchev–Trinajstić information content (AvgIpc) is 2.64. The summed E-state index contributed by atoms with van der Waals surface area (Å²) in [7, 11) is 0. The van der Waals surface area contributed by atoms with E-state index in [4.69, 9.17) is 0 Å². The largest absolute Gasteiger partial charge is 0.311 e. The maximum absolute atomic E-state index is 4.08. The van der Waals surface area contributed by atoms with Crippen molar-refractivity contribution in [3.8, 4) is 0 Å². The van der Waals surface area contributed by atoms with E-state index in [9.17, 15) is 0 Å². The van der Waals surface area contributed by atoms with Gasteiger partial charge in [0.05, 0.1) is 5.69 Å². The van der Waals surface area contributed by atoms with Crippen LogP contribution in [-0.2, 0) is 6.54 Å². The minimum atomic E-state index is 0. The molecule has 2 atom stereocenters. The lowest BCUT2D eigenvalue weighted by Crippen LogP contribution is -2.53. The fraction of sp³-hybridized carbons (Fsp3) is 0.778. The van der Waals surface area contributed by atoms with Crippen molar-refractivity contribution in [2.45, 2.75) is 32.5 Å². The first-order chi connectivity index (χ1) is 6.75. The maximum Gasteiger partial charge on any atom is 0.0895 e. The van der Waals surface area contributed by atoms with Crippen LogP contribution in [0.1, 0.15) is 19.5 Å². The van der Waals surface area contributed by atoms with Gasteiger partial charge in [-0.15, -0.1) is 17.5 Å². The number of hydrogen-bond acceptors (Lipinski definition) is 5. The number of nitrogens with one attached hydrogen (secondary N) is 1. The van der Waals surface area contributed by atoms with Gasteiger partial charge < -0.3 is 5.32 Å². The zero-order chi connectivity index (χ0) is 9.97. The van der Waals surface area contributed by atoms with E-state index in [1.807, 2.05) is 5.38 Å². The first-order valence-corrected chi connectivity index (χ1v) is 5.82. The van der Waals surface area contributed by atoms with Crippen LogP contribution in [0.3, 0.4) is 0 Å². The molecule has 6 heteroatoms. The SMILES string of the molecule is CC1CN(Cc2csnn2)C(C)CN1.Cl. The van der Waals surface area contributed by atoms with E-state index in [0.717, 1.165) is 25.3 Å². The predicted molar refractivity (Wildman–Crippen MR) is 64.5 cm³/mol. The molecule has 86 valence electrons. The van der Waals surface area contributed by atoms with E-state index in [1.165, 1.54) is 11.5 Å². The van der Waals surface area contributed by atoms with Crippen LogP contribution in [0, 0.1) is 0 Å². The summed E-state index contributed by atoms with van der Waals surface area (Å²) in [4.78, 5) is 2.46. The summed E-state index contributed by atoms with van der Waals surface area (Å²) in [5, 5.41) is 9.57. The highest BCUT2D eigenvalue weighted by atomic mass is 35.5. The van der Waals surface area contributed by atoms with Crippen LogP contribution < -0.4 is 5.32 Å². The lowest BCUT2D eigenvalue weighted by Gasteiger charge is -2.36. The Kier molecular flexibility index (Phi) is 4.92. The predicted octanol–water partition coefficient (Wildman–Crippen LogP) is 1.14. The van der Waals surface area contributed by atoms with Crippen molar-refractivity contribution in [1.29, 1.82) is 0 Å². The van der Waals surface area contributed by atoms with E-state index in [2.05, 4.69) is 33.7 Å². The molecule has 2 rings (SSSR count). The van der Waals surface area contributed by atoms with Crippen molar-refractivity contribution in [1.82, 2.24) is 19.8 Å². The summed E-state index contributed by atoms with van der Waals surface area (Å²) in [6.07, 6.45) is 0. The highest BCUT2D eigenvalue weighted by Crippen LogP contribution is 2.11. The van der Waals surface area contributed by atoms with Crippen LogP contribution in [0.15, 0.2) is 5.38 Å². The standard InChI is InChI=1S/C9H16N4S.ClH/c1-7-4-13(8(2)3-10-7)5-9-6-14-12-11-9;/h6-8,10H,3-5H2,1-2H3;1H. The van der Waals surface area contributed by atoms with Gasteiger partial charge in [0.25, 0.3) is 0 Å². The van der Waals surface area contributed by atoms with Gasteiger partial charge in [0, 0.05) is 37.1 Å². The number of halogens is 1. The zero-order valence-corrected chi connectivity index (χ0v) is 10.6. The molecule has 0 bridgehead atoms. The third kappa shape index (κ3) is 3.38. The minimum Gasteiger partial charge on any atom is -0.311 e. The summed E-state index contributed by atoms with van der Waals surface area (Å²) in [5.74, 6) is 0. The van der Waals surface area contributed by atoms with Crippen LogP contribution in [0.5, 0.6) is 0 Å². The molecule has 0 aliphatic carbocycles. The van der Waals surface area contributed by atoms with Gasteiger partial charge in [0.1, 0.15) is 0 Å². The normalized spacial score (nSPS) is 27.3. The molecule has 0 radical (unpaired) electrons. The van der Waals surface area contributed by atoms with Crippen LogP contribution in [0.4, 0.5) is 0 Å². The second-order valence-corrected chi connectivity index (χ2v) is 4.59. The Morgan fingerprint density at radius 2 is 2.40 bits per heavy atom. The monoisotopic (exact) mass is 248 g/mol. The Balaban J connectivity index is 0.00000112. The molecule has 1 aliphatic rings. The Hall–Kier alpha value is -0.230. The fourth-order valence-electron chi connectivity index (χ4n) is 1.78. The number of rotatable bonds is 2. The van der Waals surface area contributed by atoms with Gasteiger partial charge in [-0.1, -0.05) is 4.49 Å². The second kappa shape index (κ2) is 5.75. The third-order valence-corrected chi connectivity index (χ3v) is 3.22. The van der Waals surface area contributed by atoms with Crippen molar-refractivity contribution in [3.05, 3.63) is 11.1 Å². The molecule has 1 saturated heterocycles. The van der Waals surface area contributed by atoms with Gasteiger partial charge in [-0.25, -0.2) is 0 Å². The molecule has 0 saturated carbocycles. The molecule has 15 heavy (non-hydrogen) atoms. The lowest BCUT2D eigenvalue weighted by molar-refractivity contribution is 0.137. The molecule has 1 aromatic rings. The summed E-state index contributed by atoms with van der Waals surface area (Å²) in [6.45, 7) is 7.57. The summed E-state index contributed by atoms with van der Waals surface area (Å²) in [6, 6.07) is 1.17. The highest BCUT2D eigenvalue weighted by molar-refractivity contribution is 7.03. The van der Waals surface area contributed by atoms with E-state index in [0.29, 0.717) is 12.1 Å². The summed E-state index contributed by atoms with van der Waals surface area (Å²) in [5.41, 5.74) is 1.09. The topological polar surface area (TPSA) is 41.1 Å². The van der Waals surface area contributed by atoms with E-state index < -0.39 is 0 Å². The smallest absolute Gasteiger partial charge is 0.0895 e. The summed E-state index contributed by atoms with van der Waals surface area (Å²) < 4.78 is 3.88. The van der Waals surface area contributed by atoms with E-state index in [1.54, 1.807) is 0 Å². The number of nitrogens with zero attached hydrogens (tertiary/aromatic N) is 3. The van der Waals surface area contributed by atoms with Crippen molar-refractivity contribution in [2.75, 3.05) is 13.1 Å². The molecule has 4 nitrogen and oxygen atoms in total. The quantitative estimate of drug-likeness (QED) is 0.853. The number of piperazine rings is 1. The summed E-state index contributed by atoms with van der Waals surface area (Å²) >= 11 is 1.43.